The third-order valence-corrected chi connectivity index (χ3v) is 4.05. The Kier molecular flexibility index (Phi) is 3.01. The topological polar surface area (TPSA) is 49.4 Å². The van der Waals surface area contributed by atoms with Crippen LogP contribution in [0.3, 0.4) is 0 Å². The van der Waals surface area contributed by atoms with Gasteiger partial charge in [-0.25, -0.2) is 0 Å². The third-order valence-electron chi connectivity index (χ3n) is 4.05. The van der Waals surface area contributed by atoms with Gasteiger partial charge in [-0.2, -0.15) is 0 Å². The predicted molar refractivity (Wildman–Crippen MR) is 71.4 cm³/mol. The van der Waals surface area contributed by atoms with Crippen molar-refractivity contribution in [3.63, 3.8) is 0 Å². The Morgan fingerprint density at radius 2 is 2.16 bits per heavy atom. The molecule has 1 saturated heterocycles. The highest BCUT2D eigenvalue weighted by atomic mass is 16.2. The maximum absolute atomic E-state index is 12.4. The maximum Gasteiger partial charge on any atom is 0.245 e. The van der Waals surface area contributed by atoms with Gasteiger partial charge in [0, 0.05) is 19.5 Å². The number of carbonyl (C=O) groups excluding carboxylic acids is 2. The zero-order valence-electron chi connectivity index (χ0n) is 11.1. The van der Waals surface area contributed by atoms with Gasteiger partial charge in [0.1, 0.15) is 6.04 Å². The number of carbonyl (C=O) groups is 2. The minimum absolute atomic E-state index is 0.0104. The molecular formula is C15H18N2O2. The van der Waals surface area contributed by atoms with Crippen molar-refractivity contribution in [3.8, 4) is 0 Å². The Morgan fingerprint density at radius 3 is 2.89 bits per heavy atom. The van der Waals surface area contributed by atoms with Crippen LogP contribution < -0.4 is 5.32 Å². The number of hydrogen-bond acceptors (Lipinski definition) is 2. The standard InChI is InChI=1S/C15H18N2O2/c1-10-8-17(9-11-4-2-3-5-12(10)11)15(19)13-6-7-14(18)16-13/h2-5,10,13H,6-9H2,1H3,(H,16,18). The van der Waals surface area contributed by atoms with Crippen LogP contribution in [0.5, 0.6) is 0 Å². The number of rotatable bonds is 1. The normalized spacial score (nSPS) is 25.9. The quantitative estimate of drug-likeness (QED) is 0.828. The van der Waals surface area contributed by atoms with Crippen LogP contribution in [0.4, 0.5) is 0 Å². The smallest absolute Gasteiger partial charge is 0.245 e. The number of nitrogens with zero attached hydrogens (tertiary/aromatic N) is 1. The van der Waals surface area contributed by atoms with Gasteiger partial charge in [0.15, 0.2) is 0 Å². The molecule has 2 amide bonds. The summed E-state index contributed by atoms with van der Waals surface area (Å²) in [6.07, 6.45) is 1.10. The first-order valence-electron chi connectivity index (χ1n) is 6.81. The van der Waals surface area contributed by atoms with Crippen molar-refractivity contribution < 1.29 is 9.59 Å². The summed E-state index contributed by atoms with van der Waals surface area (Å²) in [5.41, 5.74) is 2.56. The fourth-order valence-electron chi connectivity index (χ4n) is 3.05. The Hall–Kier alpha value is -1.84. The van der Waals surface area contributed by atoms with Gasteiger partial charge in [0.25, 0.3) is 0 Å². The second-order valence-electron chi connectivity index (χ2n) is 5.48. The fraction of sp³-hybridized carbons (Fsp3) is 0.467. The lowest BCUT2D eigenvalue weighted by atomic mass is 9.91. The lowest BCUT2D eigenvalue weighted by Gasteiger charge is -2.34. The lowest BCUT2D eigenvalue weighted by Crippen LogP contribution is -2.47. The second kappa shape index (κ2) is 4.68. The van der Waals surface area contributed by atoms with E-state index in [4.69, 9.17) is 0 Å². The van der Waals surface area contributed by atoms with Gasteiger partial charge in [0.05, 0.1) is 0 Å². The minimum Gasteiger partial charge on any atom is -0.344 e. The molecule has 1 N–H and O–H groups in total. The molecule has 4 nitrogen and oxygen atoms in total. The number of fused-ring (bicyclic) bond motifs is 1. The first kappa shape index (κ1) is 12.2. The van der Waals surface area contributed by atoms with Crippen molar-refractivity contribution in [2.45, 2.75) is 38.3 Å². The van der Waals surface area contributed by atoms with E-state index in [1.807, 2.05) is 17.0 Å². The maximum atomic E-state index is 12.4. The van der Waals surface area contributed by atoms with E-state index in [2.05, 4.69) is 24.4 Å². The summed E-state index contributed by atoms with van der Waals surface area (Å²) in [5.74, 6) is 0.405. The van der Waals surface area contributed by atoms with E-state index < -0.39 is 0 Å². The molecule has 1 fully saturated rings. The molecular weight excluding hydrogens is 240 g/mol. The highest BCUT2D eigenvalue weighted by Crippen LogP contribution is 2.28. The third kappa shape index (κ3) is 2.23. The van der Waals surface area contributed by atoms with E-state index in [1.54, 1.807) is 0 Å². The molecule has 2 aliphatic rings. The molecule has 0 aliphatic carbocycles. The summed E-state index contributed by atoms with van der Waals surface area (Å²) < 4.78 is 0. The van der Waals surface area contributed by atoms with E-state index in [0.29, 0.717) is 25.3 Å². The van der Waals surface area contributed by atoms with Crippen molar-refractivity contribution in [2.24, 2.45) is 0 Å². The summed E-state index contributed by atoms with van der Waals surface area (Å²) in [6, 6.07) is 7.96. The summed E-state index contributed by atoms with van der Waals surface area (Å²) in [5, 5.41) is 2.76. The van der Waals surface area contributed by atoms with Crippen LogP contribution in [0.25, 0.3) is 0 Å². The highest BCUT2D eigenvalue weighted by Gasteiger charge is 2.33. The molecule has 0 saturated carbocycles. The van der Waals surface area contributed by atoms with Crippen molar-refractivity contribution >= 4 is 11.8 Å². The lowest BCUT2D eigenvalue weighted by molar-refractivity contribution is -0.135. The summed E-state index contributed by atoms with van der Waals surface area (Å²) in [4.78, 5) is 25.5. The first-order valence-corrected chi connectivity index (χ1v) is 6.81. The number of hydrogen-bond donors (Lipinski definition) is 1. The molecule has 1 aromatic rings. The molecule has 0 aromatic heterocycles. The minimum atomic E-state index is -0.315. The van der Waals surface area contributed by atoms with Crippen LogP contribution in [0.1, 0.15) is 36.8 Å². The number of benzene rings is 1. The van der Waals surface area contributed by atoms with E-state index in [0.717, 1.165) is 6.54 Å². The molecule has 3 rings (SSSR count). The van der Waals surface area contributed by atoms with Crippen LogP contribution in [-0.2, 0) is 16.1 Å². The van der Waals surface area contributed by atoms with Crippen LogP contribution in [0.15, 0.2) is 24.3 Å². The molecule has 1 aromatic carbocycles. The van der Waals surface area contributed by atoms with Gasteiger partial charge in [-0.1, -0.05) is 31.2 Å². The van der Waals surface area contributed by atoms with Gasteiger partial charge in [-0.3, -0.25) is 9.59 Å². The molecule has 0 spiro atoms. The largest absolute Gasteiger partial charge is 0.344 e. The number of nitrogens with one attached hydrogen (secondary N) is 1. The average Bonchev–Trinajstić information content (AvgIpc) is 2.84. The van der Waals surface area contributed by atoms with Crippen molar-refractivity contribution in [1.82, 2.24) is 10.2 Å². The molecule has 2 heterocycles. The fourth-order valence-corrected chi connectivity index (χ4v) is 3.05. The van der Waals surface area contributed by atoms with Gasteiger partial charge in [-0.05, 0) is 23.5 Å². The van der Waals surface area contributed by atoms with Crippen LogP contribution in [-0.4, -0.2) is 29.3 Å². The highest BCUT2D eigenvalue weighted by molar-refractivity contribution is 5.91. The van der Waals surface area contributed by atoms with E-state index >= 15 is 0 Å². The molecule has 0 radical (unpaired) electrons. The van der Waals surface area contributed by atoms with Gasteiger partial charge in [-0.15, -0.1) is 0 Å². The Balaban J connectivity index is 1.77. The van der Waals surface area contributed by atoms with E-state index in [9.17, 15) is 9.59 Å². The summed E-state index contributed by atoms with van der Waals surface area (Å²) in [7, 11) is 0. The Bertz CT molecular complexity index is 527. The van der Waals surface area contributed by atoms with E-state index in [1.165, 1.54) is 11.1 Å². The molecule has 100 valence electrons. The van der Waals surface area contributed by atoms with Gasteiger partial charge in [0.2, 0.25) is 11.8 Å². The summed E-state index contributed by atoms with van der Waals surface area (Å²) in [6.45, 7) is 3.54. The van der Waals surface area contributed by atoms with Crippen molar-refractivity contribution in [2.75, 3.05) is 6.54 Å². The Labute approximate surface area is 112 Å². The van der Waals surface area contributed by atoms with Crippen LogP contribution >= 0.6 is 0 Å². The SMILES string of the molecule is CC1CN(C(=O)C2CCC(=O)N2)Cc2ccccc21. The Morgan fingerprint density at radius 1 is 1.37 bits per heavy atom. The summed E-state index contributed by atoms with van der Waals surface area (Å²) >= 11 is 0. The van der Waals surface area contributed by atoms with Gasteiger partial charge >= 0.3 is 0 Å². The van der Waals surface area contributed by atoms with Crippen molar-refractivity contribution in [1.29, 1.82) is 0 Å². The average molecular weight is 258 g/mol. The molecule has 2 atom stereocenters. The predicted octanol–water partition coefficient (Wildman–Crippen LogP) is 1.41. The zero-order chi connectivity index (χ0) is 13.4. The van der Waals surface area contributed by atoms with Crippen LogP contribution in [0.2, 0.25) is 0 Å². The molecule has 0 bridgehead atoms. The van der Waals surface area contributed by atoms with Gasteiger partial charge < -0.3 is 10.2 Å². The molecule has 19 heavy (non-hydrogen) atoms. The second-order valence-corrected chi connectivity index (χ2v) is 5.48. The molecule has 4 heteroatoms. The van der Waals surface area contributed by atoms with Crippen LogP contribution in [0, 0.1) is 0 Å². The van der Waals surface area contributed by atoms with E-state index in [-0.39, 0.29) is 17.9 Å². The molecule has 2 unspecified atom stereocenters. The molecule has 2 aliphatic heterocycles. The monoisotopic (exact) mass is 258 g/mol. The van der Waals surface area contributed by atoms with Crippen molar-refractivity contribution in [3.05, 3.63) is 35.4 Å². The first-order chi connectivity index (χ1) is 9.15. The zero-order valence-corrected chi connectivity index (χ0v) is 11.1. The number of amides is 2.